The SMILES string of the molecule is O=C(CCC1CCCN(S(=O)(=O)c2cccc(F)c2)C1)NCc1ccncc1. The molecule has 0 bridgehead atoms. The number of pyridine rings is 1. The van der Waals surface area contributed by atoms with Crippen LogP contribution in [0.25, 0.3) is 0 Å². The number of aromatic nitrogens is 1. The number of hydrogen-bond donors (Lipinski definition) is 1. The largest absolute Gasteiger partial charge is 0.352 e. The van der Waals surface area contributed by atoms with Gasteiger partial charge in [0.05, 0.1) is 4.90 Å². The minimum absolute atomic E-state index is 0.0248. The highest BCUT2D eigenvalue weighted by Gasteiger charge is 2.30. The first kappa shape index (κ1) is 20.4. The number of sulfonamides is 1. The number of halogens is 1. The topological polar surface area (TPSA) is 79.4 Å². The molecule has 1 saturated heterocycles. The van der Waals surface area contributed by atoms with Crippen molar-refractivity contribution >= 4 is 15.9 Å². The van der Waals surface area contributed by atoms with E-state index in [2.05, 4.69) is 10.3 Å². The van der Waals surface area contributed by atoms with Crippen molar-refractivity contribution in [3.05, 3.63) is 60.2 Å². The van der Waals surface area contributed by atoms with E-state index >= 15 is 0 Å². The summed E-state index contributed by atoms with van der Waals surface area (Å²) in [7, 11) is -3.72. The number of rotatable bonds is 7. The Balaban J connectivity index is 1.51. The highest BCUT2D eigenvalue weighted by Crippen LogP contribution is 2.26. The third-order valence-corrected chi connectivity index (χ3v) is 6.80. The van der Waals surface area contributed by atoms with E-state index in [1.165, 1.54) is 22.5 Å². The Morgan fingerprint density at radius 3 is 2.79 bits per heavy atom. The number of carbonyl (C=O) groups is 1. The van der Waals surface area contributed by atoms with Crippen LogP contribution in [0.15, 0.2) is 53.7 Å². The molecule has 0 radical (unpaired) electrons. The van der Waals surface area contributed by atoms with Gasteiger partial charge < -0.3 is 5.32 Å². The molecule has 28 heavy (non-hydrogen) atoms. The van der Waals surface area contributed by atoms with E-state index in [4.69, 9.17) is 0 Å². The molecular weight excluding hydrogens is 381 g/mol. The van der Waals surface area contributed by atoms with Gasteiger partial charge in [-0.05, 0) is 61.1 Å². The molecule has 3 rings (SSSR count). The summed E-state index contributed by atoms with van der Waals surface area (Å²) < 4.78 is 40.3. The smallest absolute Gasteiger partial charge is 0.243 e. The molecule has 1 aliphatic rings. The van der Waals surface area contributed by atoms with Crippen molar-refractivity contribution in [3.63, 3.8) is 0 Å². The van der Waals surface area contributed by atoms with Gasteiger partial charge in [0, 0.05) is 38.4 Å². The Hall–Kier alpha value is -2.32. The highest BCUT2D eigenvalue weighted by molar-refractivity contribution is 7.89. The van der Waals surface area contributed by atoms with Crippen LogP contribution in [-0.2, 0) is 21.4 Å². The second kappa shape index (κ2) is 9.25. The van der Waals surface area contributed by atoms with Crippen LogP contribution >= 0.6 is 0 Å². The van der Waals surface area contributed by atoms with Crippen LogP contribution < -0.4 is 5.32 Å². The van der Waals surface area contributed by atoms with Crippen molar-refractivity contribution < 1.29 is 17.6 Å². The third kappa shape index (κ3) is 5.36. The zero-order chi connectivity index (χ0) is 20.0. The van der Waals surface area contributed by atoms with Crippen LogP contribution in [0, 0.1) is 11.7 Å². The van der Waals surface area contributed by atoms with Crippen molar-refractivity contribution in [2.75, 3.05) is 13.1 Å². The van der Waals surface area contributed by atoms with Gasteiger partial charge in [-0.1, -0.05) is 6.07 Å². The standard InChI is InChI=1S/C20H24FN3O3S/c21-18-4-1-5-19(13-18)28(26,27)24-12-2-3-17(15-24)6-7-20(25)23-14-16-8-10-22-11-9-16/h1,4-5,8-11,13,17H,2-3,6-7,12,14-15H2,(H,23,25). The van der Waals surface area contributed by atoms with Crippen molar-refractivity contribution in [2.24, 2.45) is 5.92 Å². The molecule has 1 amide bonds. The molecule has 1 fully saturated rings. The number of nitrogens with one attached hydrogen (secondary N) is 1. The molecule has 1 aromatic carbocycles. The van der Waals surface area contributed by atoms with E-state index in [0.29, 0.717) is 32.5 Å². The van der Waals surface area contributed by atoms with Crippen LogP contribution in [0.3, 0.4) is 0 Å². The molecule has 2 heterocycles. The van der Waals surface area contributed by atoms with Gasteiger partial charge >= 0.3 is 0 Å². The molecule has 1 unspecified atom stereocenters. The van der Waals surface area contributed by atoms with Crippen molar-refractivity contribution in [3.8, 4) is 0 Å². The van der Waals surface area contributed by atoms with Gasteiger partial charge in [-0.25, -0.2) is 12.8 Å². The van der Waals surface area contributed by atoms with Crippen LogP contribution in [0.5, 0.6) is 0 Å². The molecule has 1 aromatic heterocycles. The van der Waals surface area contributed by atoms with Crippen LogP contribution in [0.4, 0.5) is 4.39 Å². The first-order valence-corrected chi connectivity index (χ1v) is 10.8. The van der Waals surface area contributed by atoms with Gasteiger partial charge in [0.25, 0.3) is 0 Å². The normalized spacial score (nSPS) is 18.0. The van der Waals surface area contributed by atoms with Gasteiger partial charge in [0.15, 0.2) is 0 Å². The number of nitrogens with zero attached hydrogens (tertiary/aromatic N) is 2. The Kier molecular flexibility index (Phi) is 6.74. The Bertz CT molecular complexity index is 906. The van der Waals surface area contributed by atoms with Gasteiger partial charge in [0.1, 0.15) is 5.82 Å². The summed E-state index contributed by atoms with van der Waals surface area (Å²) in [6, 6.07) is 8.77. The van der Waals surface area contributed by atoms with Crippen LogP contribution in [-0.4, -0.2) is 36.7 Å². The molecule has 0 spiro atoms. The molecule has 8 heteroatoms. The van der Waals surface area contributed by atoms with Gasteiger partial charge in [-0.2, -0.15) is 4.31 Å². The molecule has 150 valence electrons. The van der Waals surface area contributed by atoms with Crippen molar-refractivity contribution in [1.29, 1.82) is 0 Å². The van der Waals surface area contributed by atoms with E-state index < -0.39 is 15.8 Å². The van der Waals surface area contributed by atoms with Gasteiger partial charge in [-0.15, -0.1) is 0 Å². The number of hydrogen-bond acceptors (Lipinski definition) is 4. The number of benzene rings is 1. The monoisotopic (exact) mass is 405 g/mol. The predicted molar refractivity (Wildman–Crippen MR) is 103 cm³/mol. The third-order valence-electron chi connectivity index (χ3n) is 4.93. The van der Waals surface area contributed by atoms with E-state index in [1.54, 1.807) is 12.4 Å². The summed E-state index contributed by atoms with van der Waals surface area (Å²) in [6.07, 6.45) is 5.94. The molecule has 0 aliphatic carbocycles. The lowest BCUT2D eigenvalue weighted by Gasteiger charge is -2.32. The second-order valence-corrected chi connectivity index (χ2v) is 8.94. The molecule has 6 nitrogen and oxygen atoms in total. The Morgan fingerprint density at radius 1 is 1.25 bits per heavy atom. The fourth-order valence-corrected chi connectivity index (χ4v) is 4.97. The van der Waals surface area contributed by atoms with E-state index in [1.807, 2.05) is 12.1 Å². The van der Waals surface area contributed by atoms with Crippen LogP contribution in [0.2, 0.25) is 0 Å². The lowest BCUT2D eigenvalue weighted by molar-refractivity contribution is -0.121. The zero-order valence-electron chi connectivity index (χ0n) is 15.6. The molecule has 1 atom stereocenters. The first-order valence-electron chi connectivity index (χ1n) is 9.36. The predicted octanol–water partition coefficient (Wildman–Crippen LogP) is 2.72. The summed E-state index contributed by atoms with van der Waals surface area (Å²) in [4.78, 5) is 16.0. The van der Waals surface area contributed by atoms with E-state index in [9.17, 15) is 17.6 Å². The summed E-state index contributed by atoms with van der Waals surface area (Å²) >= 11 is 0. The van der Waals surface area contributed by atoms with Crippen LogP contribution in [0.1, 0.15) is 31.2 Å². The maximum atomic E-state index is 13.4. The first-order chi connectivity index (χ1) is 13.4. The molecule has 0 saturated carbocycles. The van der Waals surface area contributed by atoms with Gasteiger partial charge in [-0.3, -0.25) is 9.78 Å². The number of piperidine rings is 1. The lowest BCUT2D eigenvalue weighted by Crippen LogP contribution is -2.40. The maximum absolute atomic E-state index is 13.4. The molecule has 2 aromatic rings. The summed E-state index contributed by atoms with van der Waals surface area (Å²) in [6.45, 7) is 1.23. The lowest BCUT2D eigenvalue weighted by atomic mass is 9.94. The number of carbonyl (C=O) groups excluding carboxylic acids is 1. The molecular formula is C20H24FN3O3S. The van der Waals surface area contributed by atoms with Gasteiger partial charge in [0.2, 0.25) is 15.9 Å². The minimum Gasteiger partial charge on any atom is -0.352 e. The molecule has 1 aliphatic heterocycles. The average Bonchev–Trinajstić information content (AvgIpc) is 2.72. The average molecular weight is 405 g/mol. The summed E-state index contributed by atoms with van der Waals surface area (Å²) in [5, 5.41) is 2.87. The zero-order valence-corrected chi connectivity index (χ0v) is 16.4. The number of amides is 1. The van der Waals surface area contributed by atoms with E-state index in [-0.39, 0.29) is 16.7 Å². The Morgan fingerprint density at radius 2 is 2.04 bits per heavy atom. The quantitative estimate of drug-likeness (QED) is 0.768. The van der Waals surface area contributed by atoms with E-state index in [0.717, 1.165) is 24.5 Å². The molecule has 1 N–H and O–H groups in total. The van der Waals surface area contributed by atoms with Crippen molar-refractivity contribution in [1.82, 2.24) is 14.6 Å². The highest BCUT2D eigenvalue weighted by atomic mass is 32.2. The summed E-state index contributed by atoms with van der Waals surface area (Å²) in [5.41, 5.74) is 0.980. The fourth-order valence-electron chi connectivity index (χ4n) is 3.38. The summed E-state index contributed by atoms with van der Waals surface area (Å²) in [5.74, 6) is -0.508. The Labute approximate surface area is 164 Å². The maximum Gasteiger partial charge on any atom is 0.243 e. The van der Waals surface area contributed by atoms with Crippen molar-refractivity contribution in [2.45, 2.75) is 37.1 Å². The second-order valence-electron chi connectivity index (χ2n) is 7.00. The fraction of sp³-hybridized carbons (Fsp3) is 0.400. The minimum atomic E-state index is -3.72.